The molecule has 2 heterocycles. The Hall–Kier alpha value is -1.97. The van der Waals surface area contributed by atoms with Gasteiger partial charge in [0.25, 0.3) is 0 Å². The van der Waals surface area contributed by atoms with Crippen molar-refractivity contribution in [2.24, 2.45) is 47.3 Å². The number of ketones is 1. The fourth-order valence-electron chi connectivity index (χ4n) is 12.3. The number of aromatic nitrogens is 2. The van der Waals surface area contributed by atoms with Crippen LogP contribution in [0.3, 0.4) is 0 Å². The second-order valence-corrected chi connectivity index (χ2v) is 32.6. The molecule has 3 aliphatic rings. The van der Waals surface area contributed by atoms with E-state index < -0.39 is 16.1 Å². The van der Waals surface area contributed by atoms with Crippen molar-refractivity contribution in [2.45, 2.75) is 177 Å². The SMILES string of the molecule is CCC(C(=O)/C=C(\O)C(C(C)C)C(C)C)C(C)C.Cc1c([Si](CC2CCCC2)(CC2CCCC2)CC2CCCC2)sc2c(-c3[c-]c4ccccc4c([Si](C)(C)C)c3)ncnc12.[Ir]. The molecule has 0 amide bonds. The zero-order valence-corrected chi connectivity index (χ0v) is 45.7. The molecule has 343 valence electrons. The molecule has 3 fully saturated rings. The predicted octanol–water partition coefficient (Wildman–Crippen LogP) is 15.0. The second kappa shape index (κ2) is 22.5. The zero-order chi connectivity index (χ0) is 44.1. The van der Waals surface area contributed by atoms with Crippen molar-refractivity contribution in [3.05, 3.63) is 60.1 Å². The van der Waals surface area contributed by atoms with Crippen LogP contribution in [-0.2, 0) is 24.9 Å². The van der Waals surface area contributed by atoms with E-state index >= 15 is 0 Å². The average Bonchev–Trinajstić information content (AvgIpc) is 4.04. The molecule has 4 nitrogen and oxygen atoms in total. The van der Waals surface area contributed by atoms with Gasteiger partial charge >= 0.3 is 0 Å². The minimum absolute atomic E-state index is 0. The van der Waals surface area contributed by atoms with Gasteiger partial charge in [0.1, 0.15) is 14.4 Å². The first-order valence-electron chi connectivity index (χ1n) is 24.7. The Morgan fingerprint density at radius 3 is 1.81 bits per heavy atom. The molecule has 7 rings (SSSR count). The quantitative estimate of drug-likeness (QED) is 0.0526. The van der Waals surface area contributed by atoms with Gasteiger partial charge in [-0.25, -0.2) is 4.98 Å². The molecule has 0 bridgehead atoms. The van der Waals surface area contributed by atoms with Crippen LogP contribution >= 0.6 is 11.3 Å². The standard InChI is InChI=1S/C38H51N2SSi2.C16H30O2.Ir/c1-27-35-37(36(40-26-39-35)32-21-31-19-11-12-20-33(31)34(22-32)42(2,3)4)41-38(27)43(23-28-13-5-6-14-28,24-29-15-7-8-16-29)25-30-17-9-10-18-30;1-8-13(10(2)3)14(17)9-15(18)16(11(4)5)12(6)7;/h11-12,19-20,22,26,28-30H,5-10,13-18,23-25H2,1-4H3;9-13,16,18H,8H2,1-7H3;/q-1;;/b;15-9-;. The van der Waals surface area contributed by atoms with E-state index in [1.165, 1.54) is 139 Å². The maximum absolute atomic E-state index is 12.1. The van der Waals surface area contributed by atoms with Crippen molar-refractivity contribution in [3.63, 3.8) is 0 Å². The number of carbonyl (C=O) groups is 1. The zero-order valence-electron chi connectivity index (χ0n) is 40.5. The predicted molar refractivity (Wildman–Crippen MR) is 270 cm³/mol. The number of hydrogen-bond donors (Lipinski definition) is 1. The molecule has 1 N–H and O–H groups in total. The molecule has 4 aromatic rings. The topological polar surface area (TPSA) is 63.1 Å². The molecule has 0 saturated heterocycles. The van der Waals surface area contributed by atoms with E-state index in [0.29, 0.717) is 17.8 Å². The van der Waals surface area contributed by atoms with Gasteiger partial charge < -0.3 is 5.11 Å². The number of hydrogen-bond acceptors (Lipinski definition) is 5. The van der Waals surface area contributed by atoms with Crippen LogP contribution in [0.25, 0.3) is 32.2 Å². The Balaban J connectivity index is 0.000000326. The Bertz CT molecular complexity index is 2050. The molecule has 62 heavy (non-hydrogen) atoms. The number of aliphatic hydroxyl groups is 1. The van der Waals surface area contributed by atoms with Gasteiger partial charge in [-0.05, 0) is 77.0 Å². The summed E-state index contributed by atoms with van der Waals surface area (Å²) in [6.07, 6.45) is 21.8. The summed E-state index contributed by atoms with van der Waals surface area (Å²) < 4.78 is 3.16. The van der Waals surface area contributed by atoms with Gasteiger partial charge in [-0.1, -0.05) is 174 Å². The molecule has 3 aliphatic carbocycles. The van der Waals surface area contributed by atoms with Crippen LogP contribution in [0.1, 0.15) is 138 Å². The van der Waals surface area contributed by atoms with Crippen LogP contribution in [0.15, 0.2) is 48.5 Å². The minimum Gasteiger partial charge on any atom is -0.512 e. The molecule has 2 aromatic carbocycles. The number of benzene rings is 2. The second-order valence-electron chi connectivity index (χ2n) is 21.9. The molecule has 3 saturated carbocycles. The van der Waals surface area contributed by atoms with Gasteiger partial charge in [0, 0.05) is 48.4 Å². The van der Waals surface area contributed by atoms with Crippen molar-refractivity contribution in [1.82, 2.24) is 9.97 Å². The van der Waals surface area contributed by atoms with Gasteiger partial charge in [-0.15, -0.1) is 40.1 Å². The van der Waals surface area contributed by atoms with Crippen LogP contribution < -0.4 is 9.69 Å². The Kier molecular flexibility index (Phi) is 18.5. The van der Waals surface area contributed by atoms with Crippen molar-refractivity contribution in [2.75, 3.05) is 0 Å². The summed E-state index contributed by atoms with van der Waals surface area (Å²) in [5.41, 5.74) is 5.06. The number of carbonyl (C=O) groups excluding carboxylic acids is 1. The van der Waals surface area contributed by atoms with Crippen LogP contribution in [0.4, 0.5) is 0 Å². The van der Waals surface area contributed by atoms with E-state index in [1.807, 2.05) is 17.8 Å². The number of aryl methyl sites for hydroxylation is 1. The van der Waals surface area contributed by atoms with E-state index in [0.717, 1.165) is 29.9 Å². The third-order valence-corrected chi connectivity index (χ3v) is 25.3. The van der Waals surface area contributed by atoms with E-state index in [4.69, 9.17) is 9.97 Å². The molecule has 2 aromatic heterocycles. The van der Waals surface area contributed by atoms with Gasteiger partial charge in [0.05, 0.1) is 19.3 Å². The summed E-state index contributed by atoms with van der Waals surface area (Å²) >= 11 is 2.15. The summed E-state index contributed by atoms with van der Waals surface area (Å²) in [6, 6.07) is 19.8. The molecule has 1 radical (unpaired) electrons. The molecular weight excluding hydrogens is 989 g/mol. The number of nitrogens with zero attached hydrogens (tertiary/aromatic N) is 2. The van der Waals surface area contributed by atoms with Gasteiger partial charge in [0.15, 0.2) is 5.78 Å². The molecular formula is C54H81IrN2O2SSi2-. The number of allylic oxidation sites excluding steroid dienone is 2. The Labute approximate surface area is 396 Å². The Morgan fingerprint density at radius 1 is 0.823 bits per heavy atom. The average molecular weight is 1070 g/mol. The van der Waals surface area contributed by atoms with Crippen molar-refractivity contribution < 1.29 is 30.0 Å². The first-order valence-corrected chi connectivity index (χ1v) is 31.6. The molecule has 1 unspecified atom stereocenters. The Morgan fingerprint density at radius 2 is 1.34 bits per heavy atom. The van der Waals surface area contributed by atoms with Crippen molar-refractivity contribution in [1.29, 1.82) is 0 Å². The van der Waals surface area contributed by atoms with Crippen LogP contribution in [0, 0.1) is 60.3 Å². The van der Waals surface area contributed by atoms with E-state index in [1.54, 1.807) is 0 Å². The van der Waals surface area contributed by atoms with Crippen LogP contribution in [-0.4, -0.2) is 37.0 Å². The fraction of sp³-hybridized carbons (Fsp3) is 0.648. The van der Waals surface area contributed by atoms with Gasteiger partial charge in [-0.2, -0.15) is 0 Å². The minimum atomic E-state index is -1.76. The van der Waals surface area contributed by atoms with E-state index in [2.05, 4.69) is 116 Å². The summed E-state index contributed by atoms with van der Waals surface area (Å²) in [4.78, 5) is 22.2. The maximum atomic E-state index is 12.1. The third kappa shape index (κ3) is 12.1. The van der Waals surface area contributed by atoms with Gasteiger partial charge in [0.2, 0.25) is 0 Å². The third-order valence-electron chi connectivity index (χ3n) is 15.2. The van der Waals surface area contributed by atoms with Crippen LogP contribution in [0.5, 0.6) is 0 Å². The largest absolute Gasteiger partial charge is 0.512 e. The van der Waals surface area contributed by atoms with Crippen molar-refractivity contribution in [3.8, 4) is 11.3 Å². The molecule has 1 atom stereocenters. The smallest absolute Gasteiger partial charge is 0.162 e. The number of rotatable bonds is 16. The summed E-state index contributed by atoms with van der Waals surface area (Å²) in [7, 11) is -3.34. The molecule has 0 spiro atoms. The summed E-state index contributed by atoms with van der Waals surface area (Å²) in [5, 5.41) is 14.3. The fourth-order valence-corrected chi connectivity index (χ4v) is 23.4. The first kappa shape index (κ1) is 51.0. The van der Waals surface area contributed by atoms with Crippen molar-refractivity contribution >= 4 is 63.9 Å². The normalized spacial score (nSPS) is 17.8. The van der Waals surface area contributed by atoms with E-state index in [-0.39, 0.29) is 43.5 Å². The monoisotopic (exact) mass is 1070 g/mol. The number of aliphatic hydroxyl groups excluding tert-OH is 1. The summed E-state index contributed by atoms with van der Waals surface area (Å²) in [6.45, 7) is 24.3. The molecule has 8 heteroatoms. The van der Waals surface area contributed by atoms with E-state index in [9.17, 15) is 9.90 Å². The number of thiophene rings is 1. The molecule has 0 aliphatic heterocycles. The maximum Gasteiger partial charge on any atom is 0.162 e. The summed E-state index contributed by atoms with van der Waals surface area (Å²) in [5.74, 6) is 4.28. The van der Waals surface area contributed by atoms with Gasteiger partial charge in [-0.3, -0.25) is 9.78 Å². The number of fused-ring (bicyclic) bond motifs is 2. The first-order chi connectivity index (χ1) is 29.0. The van der Waals surface area contributed by atoms with Crippen LogP contribution in [0.2, 0.25) is 37.8 Å².